The molecule has 0 aliphatic carbocycles. The van der Waals surface area contributed by atoms with Crippen LogP contribution in [0.3, 0.4) is 0 Å². The lowest BCUT2D eigenvalue weighted by molar-refractivity contribution is 0.473. The first-order valence-corrected chi connectivity index (χ1v) is 11.7. The van der Waals surface area contributed by atoms with Crippen LogP contribution in [0.2, 0.25) is 0 Å². The standard InChI is InChI=1S/C20H15Br2N3O3S/c21-14-11-17(22)20(26)18(12-14)24-23-15-5-7-16(8-6-15)29(27,28)25-10-9-13-3-1-2-4-19(13)25/h1-8,11-12,26H,9-10H2. The van der Waals surface area contributed by atoms with E-state index in [1.807, 2.05) is 24.3 Å². The van der Waals surface area contributed by atoms with Gasteiger partial charge in [0.05, 0.1) is 20.7 Å². The molecule has 0 spiro atoms. The fourth-order valence-electron chi connectivity index (χ4n) is 3.11. The lowest BCUT2D eigenvalue weighted by Gasteiger charge is -2.19. The van der Waals surface area contributed by atoms with Crippen molar-refractivity contribution in [1.82, 2.24) is 0 Å². The van der Waals surface area contributed by atoms with E-state index in [9.17, 15) is 13.5 Å². The van der Waals surface area contributed by atoms with Crippen LogP contribution in [0.1, 0.15) is 5.56 Å². The number of nitrogens with zero attached hydrogens (tertiary/aromatic N) is 3. The van der Waals surface area contributed by atoms with Gasteiger partial charge in [-0.3, -0.25) is 4.31 Å². The van der Waals surface area contributed by atoms with E-state index >= 15 is 0 Å². The third-order valence-corrected chi connectivity index (χ3v) is 7.44. The third kappa shape index (κ3) is 3.94. The molecule has 1 aliphatic heterocycles. The minimum absolute atomic E-state index is 0.0242. The zero-order chi connectivity index (χ0) is 20.6. The van der Waals surface area contributed by atoms with Crippen molar-refractivity contribution in [1.29, 1.82) is 0 Å². The van der Waals surface area contributed by atoms with Crippen LogP contribution in [-0.2, 0) is 16.4 Å². The minimum Gasteiger partial charge on any atom is -0.505 e. The smallest absolute Gasteiger partial charge is 0.264 e. The van der Waals surface area contributed by atoms with Gasteiger partial charge >= 0.3 is 0 Å². The molecule has 1 aliphatic rings. The van der Waals surface area contributed by atoms with Crippen molar-refractivity contribution in [3.05, 3.63) is 75.2 Å². The molecule has 0 bridgehead atoms. The van der Waals surface area contributed by atoms with Crippen LogP contribution >= 0.6 is 31.9 Å². The Balaban J connectivity index is 1.59. The van der Waals surface area contributed by atoms with Gasteiger partial charge in [-0.15, -0.1) is 5.11 Å². The van der Waals surface area contributed by atoms with Gasteiger partial charge in [0.15, 0.2) is 5.75 Å². The Morgan fingerprint density at radius 1 is 0.966 bits per heavy atom. The zero-order valence-corrected chi connectivity index (χ0v) is 18.9. The highest BCUT2D eigenvalue weighted by molar-refractivity contribution is 9.11. The summed E-state index contributed by atoms with van der Waals surface area (Å²) in [5, 5.41) is 18.2. The molecule has 0 aromatic heterocycles. The molecule has 9 heteroatoms. The van der Waals surface area contributed by atoms with E-state index in [0.717, 1.165) is 15.7 Å². The molecule has 0 saturated carbocycles. The summed E-state index contributed by atoms with van der Waals surface area (Å²) < 4.78 is 28.7. The van der Waals surface area contributed by atoms with Gasteiger partial charge in [0.25, 0.3) is 10.0 Å². The Hall–Kier alpha value is -2.23. The lowest BCUT2D eigenvalue weighted by Crippen LogP contribution is -2.29. The van der Waals surface area contributed by atoms with Gasteiger partial charge in [-0.25, -0.2) is 8.42 Å². The summed E-state index contributed by atoms with van der Waals surface area (Å²) in [5.41, 5.74) is 2.52. The van der Waals surface area contributed by atoms with Gasteiger partial charge in [0.2, 0.25) is 0 Å². The maximum absolute atomic E-state index is 13.0. The van der Waals surface area contributed by atoms with Crippen LogP contribution in [0.15, 0.2) is 84.7 Å². The number of para-hydroxylation sites is 1. The van der Waals surface area contributed by atoms with E-state index < -0.39 is 10.0 Å². The topological polar surface area (TPSA) is 82.3 Å². The summed E-state index contributed by atoms with van der Waals surface area (Å²) in [4.78, 5) is 0.196. The van der Waals surface area contributed by atoms with E-state index in [1.165, 1.54) is 16.4 Å². The van der Waals surface area contributed by atoms with Gasteiger partial charge in [0.1, 0.15) is 5.69 Å². The van der Waals surface area contributed by atoms with E-state index in [0.29, 0.717) is 23.1 Å². The highest BCUT2D eigenvalue weighted by atomic mass is 79.9. The first kappa shape index (κ1) is 20.1. The normalized spacial score (nSPS) is 13.8. The average Bonchev–Trinajstić information content (AvgIpc) is 3.15. The number of hydrogen-bond acceptors (Lipinski definition) is 5. The van der Waals surface area contributed by atoms with Crippen LogP contribution < -0.4 is 4.31 Å². The van der Waals surface area contributed by atoms with E-state index in [4.69, 9.17) is 0 Å². The molecule has 3 aromatic rings. The quantitative estimate of drug-likeness (QED) is 0.410. The van der Waals surface area contributed by atoms with Gasteiger partial charge in [-0.2, -0.15) is 5.11 Å². The summed E-state index contributed by atoms with van der Waals surface area (Å²) in [6.07, 6.45) is 0.702. The van der Waals surface area contributed by atoms with E-state index in [2.05, 4.69) is 42.1 Å². The van der Waals surface area contributed by atoms with Crippen molar-refractivity contribution in [2.24, 2.45) is 10.2 Å². The molecule has 0 atom stereocenters. The fourth-order valence-corrected chi connectivity index (χ4v) is 5.82. The van der Waals surface area contributed by atoms with E-state index in [-0.39, 0.29) is 16.3 Å². The fraction of sp³-hybridized carbons (Fsp3) is 0.100. The highest BCUT2D eigenvalue weighted by Crippen LogP contribution is 2.38. The van der Waals surface area contributed by atoms with Crippen LogP contribution in [0.25, 0.3) is 0 Å². The maximum Gasteiger partial charge on any atom is 0.264 e. The second-order valence-electron chi connectivity index (χ2n) is 6.41. The SMILES string of the molecule is O=S(=O)(c1ccc(N=Nc2cc(Br)cc(Br)c2O)cc1)N1CCc2ccccc21. The Morgan fingerprint density at radius 2 is 1.69 bits per heavy atom. The molecular formula is C20H15Br2N3O3S. The number of halogens is 2. The molecule has 6 nitrogen and oxygen atoms in total. The summed E-state index contributed by atoms with van der Waals surface area (Å²) in [6, 6.07) is 17.1. The predicted molar refractivity (Wildman–Crippen MR) is 119 cm³/mol. The molecule has 0 unspecified atom stereocenters. The van der Waals surface area contributed by atoms with Crippen LogP contribution in [-0.4, -0.2) is 20.1 Å². The van der Waals surface area contributed by atoms with E-state index in [1.54, 1.807) is 24.3 Å². The molecule has 1 heterocycles. The number of fused-ring (bicyclic) bond motifs is 1. The third-order valence-electron chi connectivity index (χ3n) is 4.55. The van der Waals surface area contributed by atoms with Crippen molar-refractivity contribution in [2.45, 2.75) is 11.3 Å². The number of phenols is 1. The van der Waals surface area contributed by atoms with Gasteiger partial charge < -0.3 is 5.11 Å². The zero-order valence-electron chi connectivity index (χ0n) is 15.0. The second kappa shape index (κ2) is 7.89. The highest BCUT2D eigenvalue weighted by Gasteiger charge is 2.30. The van der Waals surface area contributed by atoms with Crippen LogP contribution in [0, 0.1) is 0 Å². The number of azo groups is 1. The Morgan fingerprint density at radius 3 is 2.45 bits per heavy atom. The monoisotopic (exact) mass is 535 g/mol. The lowest BCUT2D eigenvalue weighted by atomic mass is 10.2. The van der Waals surface area contributed by atoms with Crippen molar-refractivity contribution in [2.75, 3.05) is 10.8 Å². The number of sulfonamides is 1. The van der Waals surface area contributed by atoms with Crippen molar-refractivity contribution in [3.63, 3.8) is 0 Å². The molecule has 0 amide bonds. The van der Waals surface area contributed by atoms with Crippen molar-refractivity contribution < 1.29 is 13.5 Å². The van der Waals surface area contributed by atoms with Crippen LogP contribution in [0.4, 0.5) is 17.1 Å². The number of rotatable bonds is 4. The first-order valence-electron chi connectivity index (χ1n) is 8.67. The van der Waals surface area contributed by atoms with Crippen molar-refractivity contribution in [3.8, 4) is 5.75 Å². The molecule has 29 heavy (non-hydrogen) atoms. The van der Waals surface area contributed by atoms with Crippen molar-refractivity contribution >= 4 is 58.9 Å². The second-order valence-corrected chi connectivity index (χ2v) is 10.0. The molecule has 1 N–H and O–H groups in total. The molecule has 0 radical (unpaired) electrons. The average molecular weight is 537 g/mol. The molecule has 4 rings (SSSR count). The maximum atomic E-state index is 13.0. The molecule has 0 fully saturated rings. The summed E-state index contributed by atoms with van der Waals surface area (Å²) in [7, 11) is -3.65. The Kier molecular flexibility index (Phi) is 5.46. The summed E-state index contributed by atoms with van der Waals surface area (Å²) in [5.74, 6) is -0.0242. The molecule has 148 valence electrons. The van der Waals surface area contributed by atoms with Gasteiger partial charge in [-0.05, 0) is 70.4 Å². The number of aromatic hydroxyl groups is 1. The summed E-state index contributed by atoms with van der Waals surface area (Å²) in [6.45, 7) is 0.431. The van der Waals surface area contributed by atoms with Gasteiger partial charge in [0, 0.05) is 11.0 Å². The summed E-state index contributed by atoms with van der Waals surface area (Å²) >= 11 is 6.58. The Labute approximate surface area is 185 Å². The largest absolute Gasteiger partial charge is 0.505 e. The number of anilines is 1. The number of hydrogen-bond donors (Lipinski definition) is 1. The minimum atomic E-state index is -3.65. The predicted octanol–water partition coefficient (Wildman–Crippen LogP) is 6.08. The number of phenolic OH excluding ortho intramolecular Hbond substituents is 1. The molecular weight excluding hydrogens is 522 g/mol. The molecule has 0 saturated heterocycles. The number of benzene rings is 3. The Bertz CT molecular complexity index is 1210. The van der Waals surface area contributed by atoms with Gasteiger partial charge in [-0.1, -0.05) is 34.1 Å². The first-order chi connectivity index (χ1) is 13.9. The molecule has 3 aromatic carbocycles. The van der Waals surface area contributed by atoms with Crippen LogP contribution in [0.5, 0.6) is 5.75 Å².